The van der Waals surface area contributed by atoms with E-state index in [9.17, 15) is 9.18 Å². The molecule has 0 atom stereocenters. The van der Waals surface area contributed by atoms with Gasteiger partial charge in [0.2, 0.25) is 0 Å². The second-order valence-electron chi connectivity index (χ2n) is 5.39. The van der Waals surface area contributed by atoms with Gasteiger partial charge in [-0.1, -0.05) is 13.0 Å². The Morgan fingerprint density at radius 3 is 2.48 bits per heavy atom. The Hall–Kier alpha value is -1.46. The molecule has 0 bridgehead atoms. The molecule has 21 heavy (non-hydrogen) atoms. The lowest BCUT2D eigenvalue weighted by Gasteiger charge is -2.23. The van der Waals surface area contributed by atoms with Crippen LogP contribution in [-0.2, 0) is 11.3 Å². The third-order valence-electron chi connectivity index (χ3n) is 3.25. The van der Waals surface area contributed by atoms with Crippen molar-refractivity contribution in [2.45, 2.75) is 19.9 Å². The standard InChI is InChI=1S/C16H25FN2O2/c1-5-8-19(10-9-18(2)3)12-13-6-7-14(15(17)11-13)16(20)21-4/h6-7,11H,5,8-10,12H2,1-4H3. The third kappa shape index (κ3) is 5.81. The number of hydrogen-bond acceptors (Lipinski definition) is 4. The van der Waals surface area contributed by atoms with E-state index < -0.39 is 11.8 Å². The number of benzene rings is 1. The Labute approximate surface area is 126 Å². The maximum Gasteiger partial charge on any atom is 0.340 e. The maximum absolute atomic E-state index is 13.9. The molecule has 1 aromatic rings. The molecule has 1 rings (SSSR count). The normalized spacial score (nSPS) is 11.2. The van der Waals surface area contributed by atoms with Crippen LogP contribution in [0.15, 0.2) is 18.2 Å². The molecule has 0 aromatic heterocycles. The fraction of sp³-hybridized carbons (Fsp3) is 0.562. The lowest BCUT2D eigenvalue weighted by Crippen LogP contribution is -2.32. The van der Waals surface area contributed by atoms with E-state index >= 15 is 0 Å². The van der Waals surface area contributed by atoms with Gasteiger partial charge in [-0.3, -0.25) is 4.90 Å². The number of likely N-dealkylation sites (N-methyl/N-ethyl adjacent to an activating group) is 1. The molecular formula is C16H25FN2O2. The summed E-state index contributed by atoms with van der Waals surface area (Å²) in [7, 11) is 5.32. The first-order chi connectivity index (χ1) is 9.97. The largest absolute Gasteiger partial charge is 0.465 e. The van der Waals surface area contributed by atoms with Crippen LogP contribution >= 0.6 is 0 Å². The van der Waals surface area contributed by atoms with Crippen molar-refractivity contribution in [3.63, 3.8) is 0 Å². The molecule has 0 fully saturated rings. The minimum atomic E-state index is -0.642. The summed E-state index contributed by atoms with van der Waals surface area (Å²) in [6.45, 7) is 5.67. The molecule has 0 unspecified atom stereocenters. The van der Waals surface area contributed by atoms with E-state index in [0.29, 0.717) is 6.54 Å². The summed E-state index contributed by atoms with van der Waals surface area (Å²) in [5.41, 5.74) is 0.851. The van der Waals surface area contributed by atoms with Crippen LogP contribution in [0.1, 0.15) is 29.3 Å². The Kier molecular flexibility index (Phi) is 7.32. The van der Waals surface area contributed by atoms with Crippen LogP contribution in [-0.4, -0.2) is 56.6 Å². The van der Waals surface area contributed by atoms with E-state index in [0.717, 1.165) is 31.6 Å². The number of carbonyl (C=O) groups excluding carboxylic acids is 1. The van der Waals surface area contributed by atoms with Gasteiger partial charge in [-0.2, -0.15) is 0 Å². The summed E-state index contributed by atoms with van der Waals surface area (Å²) in [6.07, 6.45) is 1.05. The van der Waals surface area contributed by atoms with Gasteiger partial charge in [0.05, 0.1) is 12.7 Å². The molecule has 0 aliphatic rings. The van der Waals surface area contributed by atoms with Crippen molar-refractivity contribution in [3.05, 3.63) is 35.1 Å². The molecule has 1 aromatic carbocycles. The molecule has 118 valence electrons. The fourth-order valence-corrected chi connectivity index (χ4v) is 2.12. The van der Waals surface area contributed by atoms with Crippen LogP contribution in [0.2, 0.25) is 0 Å². The van der Waals surface area contributed by atoms with Gasteiger partial charge < -0.3 is 9.64 Å². The summed E-state index contributed by atoms with van der Waals surface area (Å²) < 4.78 is 18.5. The molecule has 0 radical (unpaired) electrons. The minimum absolute atomic E-state index is 0.0171. The summed E-state index contributed by atoms with van der Waals surface area (Å²) in [5.74, 6) is -1.17. The number of halogens is 1. The highest BCUT2D eigenvalue weighted by atomic mass is 19.1. The van der Waals surface area contributed by atoms with Crippen molar-refractivity contribution in [3.8, 4) is 0 Å². The first-order valence-electron chi connectivity index (χ1n) is 7.21. The highest BCUT2D eigenvalue weighted by Gasteiger charge is 2.13. The number of hydrogen-bond donors (Lipinski definition) is 0. The highest BCUT2D eigenvalue weighted by molar-refractivity contribution is 5.89. The van der Waals surface area contributed by atoms with Crippen molar-refractivity contribution >= 4 is 5.97 Å². The monoisotopic (exact) mass is 296 g/mol. The lowest BCUT2D eigenvalue weighted by atomic mass is 10.1. The van der Waals surface area contributed by atoms with Crippen molar-refractivity contribution in [2.24, 2.45) is 0 Å². The van der Waals surface area contributed by atoms with E-state index in [1.807, 2.05) is 14.1 Å². The number of esters is 1. The predicted molar refractivity (Wildman–Crippen MR) is 81.9 cm³/mol. The smallest absolute Gasteiger partial charge is 0.340 e. The van der Waals surface area contributed by atoms with Gasteiger partial charge in [-0.05, 0) is 44.8 Å². The highest BCUT2D eigenvalue weighted by Crippen LogP contribution is 2.13. The van der Waals surface area contributed by atoms with Crippen LogP contribution in [0.3, 0.4) is 0 Å². The molecule has 0 aliphatic heterocycles. The van der Waals surface area contributed by atoms with E-state index in [1.54, 1.807) is 6.07 Å². The molecule has 0 saturated heterocycles. The number of rotatable bonds is 8. The van der Waals surface area contributed by atoms with Crippen LogP contribution in [0.5, 0.6) is 0 Å². The first kappa shape index (κ1) is 17.6. The van der Waals surface area contributed by atoms with Gasteiger partial charge in [0.15, 0.2) is 0 Å². The average Bonchev–Trinajstić information content (AvgIpc) is 2.44. The van der Waals surface area contributed by atoms with Crippen molar-refractivity contribution < 1.29 is 13.9 Å². The summed E-state index contributed by atoms with van der Waals surface area (Å²) in [4.78, 5) is 15.8. The van der Waals surface area contributed by atoms with Gasteiger partial charge in [0, 0.05) is 19.6 Å². The minimum Gasteiger partial charge on any atom is -0.465 e. The van der Waals surface area contributed by atoms with Crippen LogP contribution < -0.4 is 0 Å². The van der Waals surface area contributed by atoms with Gasteiger partial charge in [0.1, 0.15) is 5.82 Å². The zero-order valence-corrected chi connectivity index (χ0v) is 13.4. The number of nitrogens with zero attached hydrogens (tertiary/aromatic N) is 2. The molecule has 0 amide bonds. The molecule has 0 aliphatic carbocycles. The van der Waals surface area contributed by atoms with Gasteiger partial charge >= 0.3 is 5.97 Å². The molecule has 5 heteroatoms. The SMILES string of the molecule is CCCN(CCN(C)C)Cc1ccc(C(=O)OC)c(F)c1. The summed E-state index contributed by atoms with van der Waals surface area (Å²) in [6, 6.07) is 4.70. The second-order valence-corrected chi connectivity index (χ2v) is 5.39. The summed E-state index contributed by atoms with van der Waals surface area (Å²) in [5, 5.41) is 0. The topological polar surface area (TPSA) is 32.8 Å². The zero-order chi connectivity index (χ0) is 15.8. The van der Waals surface area contributed by atoms with E-state index in [1.165, 1.54) is 19.2 Å². The van der Waals surface area contributed by atoms with E-state index in [4.69, 9.17) is 0 Å². The Morgan fingerprint density at radius 2 is 1.95 bits per heavy atom. The van der Waals surface area contributed by atoms with Crippen molar-refractivity contribution in [1.29, 1.82) is 0 Å². The van der Waals surface area contributed by atoms with Gasteiger partial charge in [-0.25, -0.2) is 9.18 Å². The van der Waals surface area contributed by atoms with Crippen LogP contribution in [0, 0.1) is 5.82 Å². The Bertz CT molecular complexity index is 464. The lowest BCUT2D eigenvalue weighted by molar-refractivity contribution is 0.0595. The molecule has 0 N–H and O–H groups in total. The fourth-order valence-electron chi connectivity index (χ4n) is 2.12. The van der Waals surface area contributed by atoms with Crippen LogP contribution in [0.4, 0.5) is 4.39 Å². The first-order valence-corrected chi connectivity index (χ1v) is 7.21. The quantitative estimate of drug-likeness (QED) is 0.690. The molecule has 4 nitrogen and oxygen atoms in total. The third-order valence-corrected chi connectivity index (χ3v) is 3.25. The number of methoxy groups -OCH3 is 1. The molecular weight excluding hydrogens is 271 g/mol. The summed E-state index contributed by atoms with van der Waals surface area (Å²) >= 11 is 0. The van der Waals surface area contributed by atoms with Gasteiger partial charge in [0.25, 0.3) is 0 Å². The maximum atomic E-state index is 13.9. The van der Waals surface area contributed by atoms with Crippen LogP contribution in [0.25, 0.3) is 0 Å². The van der Waals surface area contributed by atoms with Crippen molar-refractivity contribution in [1.82, 2.24) is 9.80 Å². The molecule has 0 heterocycles. The molecule has 0 spiro atoms. The number of carbonyl (C=O) groups is 1. The zero-order valence-electron chi connectivity index (χ0n) is 13.4. The molecule has 0 saturated carbocycles. The Balaban J connectivity index is 2.75. The van der Waals surface area contributed by atoms with E-state index in [-0.39, 0.29) is 5.56 Å². The predicted octanol–water partition coefficient (Wildman–Crippen LogP) is 2.39. The van der Waals surface area contributed by atoms with Crippen molar-refractivity contribution in [2.75, 3.05) is 40.8 Å². The second kappa shape index (κ2) is 8.74. The van der Waals surface area contributed by atoms with E-state index in [2.05, 4.69) is 21.5 Å². The Morgan fingerprint density at radius 1 is 1.24 bits per heavy atom. The van der Waals surface area contributed by atoms with Gasteiger partial charge in [-0.15, -0.1) is 0 Å². The average molecular weight is 296 g/mol. The number of ether oxygens (including phenoxy) is 1.